The molecule has 78 valence electrons. The fraction of sp³-hybridized carbons (Fsp3) is 0.111. The molecule has 1 aromatic heterocycles. The number of H-pyrrole nitrogens is 1. The van der Waals surface area contributed by atoms with Crippen LogP contribution < -0.4 is 0 Å². The number of benzene rings is 1. The summed E-state index contributed by atoms with van der Waals surface area (Å²) in [6.07, 6.45) is 1.34. The normalized spacial score (nSPS) is 10.6. The number of carbonyl (C=O) groups excluding carboxylic acids is 1. The minimum Gasteiger partial charge on any atom is -0.344 e. The van der Waals surface area contributed by atoms with E-state index in [-0.39, 0.29) is 11.1 Å². The standard InChI is InChI=1S/C9H8FN3O2/c1-13(15)9(14)5-2-6(10)8-7(3-5)11-4-12-8/h2-4,15H,1H3,(H,11,12). The van der Waals surface area contributed by atoms with Crippen molar-refractivity contribution in [3.8, 4) is 0 Å². The van der Waals surface area contributed by atoms with Gasteiger partial charge in [-0.3, -0.25) is 10.0 Å². The molecule has 0 radical (unpaired) electrons. The summed E-state index contributed by atoms with van der Waals surface area (Å²) >= 11 is 0. The van der Waals surface area contributed by atoms with Crippen LogP contribution in [-0.2, 0) is 0 Å². The van der Waals surface area contributed by atoms with E-state index in [1.165, 1.54) is 19.4 Å². The Morgan fingerprint density at radius 2 is 2.33 bits per heavy atom. The van der Waals surface area contributed by atoms with Crippen LogP contribution in [0.1, 0.15) is 10.4 Å². The van der Waals surface area contributed by atoms with Crippen LogP contribution in [0.3, 0.4) is 0 Å². The van der Waals surface area contributed by atoms with Gasteiger partial charge in [0.2, 0.25) is 0 Å². The van der Waals surface area contributed by atoms with Gasteiger partial charge in [-0.1, -0.05) is 0 Å². The molecule has 0 atom stereocenters. The van der Waals surface area contributed by atoms with Crippen molar-refractivity contribution < 1.29 is 14.4 Å². The van der Waals surface area contributed by atoms with E-state index in [1.807, 2.05) is 0 Å². The second-order valence-corrected chi connectivity index (χ2v) is 3.09. The van der Waals surface area contributed by atoms with E-state index < -0.39 is 11.7 Å². The van der Waals surface area contributed by atoms with Gasteiger partial charge >= 0.3 is 0 Å². The SMILES string of the molecule is CN(O)C(=O)c1cc(F)c2nc[nH]c2c1. The molecule has 0 aliphatic heterocycles. The van der Waals surface area contributed by atoms with Crippen LogP contribution >= 0.6 is 0 Å². The van der Waals surface area contributed by atoms with Crippen LogP contribution in [0, 0.1) is 5.82 Å². The predicted molar refractivity (Wildman–Crippen MR) is 49.9 cm³/mol. The Balaban J connectivity index is 2.59. The number of amides is 1. The molecule has 0 fully saturated rings. The molecule has 0 aliphatic rings. The molecule has 2 rings (SSSR count). The molecular weight excluding hydrogens is 201 g/mol. The highest BCUT2D eigenvalue weighted by atomic mass is 19.1. The van der Waals surface area contributed by atoms with Gasteiger partial charge in [-0.25, -0.2) is 14.4 Å². The van der Waals surface area contributed by atoms with Gasteiger partial charge in [0.25, 0.3) is 5.91 Å². The first kappa shape index (κ1) is 9.60. The lowest BCUT2D eigenvalue weighted by Crippen LogP contribution is -2.22. The van der Waals surface area contributed by atoms with Crippen LogP contribution in [0.5, 0.6) is 0 Å². The molecule has 0 bridgehead atoms. The van der Waals surface area contributed by atoms with Crippen LogP contribution in [-0.4, -0.2) is 33.2 Å². The molecule has 0 aliphatic carbocycles. The third-order valence-electron chi connectivity index (χ3n) is 2.02. The smallest absolute Gasteiger partial charge is 0.277 e. The monoisotopic (exact) mass is 209 g/mol. The zero-order chi connectivity index (χ0) is 11.0. The van der Waals surface area contributed by atoms with Gasteiger partial charge in [0.15, 0.2) is 5.82 Å². The van der Waals surface area contributed by atoms with Crippen molar-refractivity contribution in [1.82, 2.24) is 15.0 Å². The average molecular weight is 209 g/mol. The van der Waals surface area contributed by atoms with Crippen molar-refractivity contribution in [3.63, 3.8) is 0 Å². The highest BCUT2D eigenvalue weighted by Crippen LogP contribution is 2.16. The molecule has 1 heterocycles. The lowest BCUT2D eigenvalue weighted by Gasteiger charge is -2.07. The fourth-order valence-corrected chi connectivity index (χ4v) is 1.32. The largest absolute Gasteiger partial charge is 0.344 e. The highest BCUT2D eigenvalue weighted by Gasteiger charge is 2.13. The first-order valence-corrected chi connectivity index (χ1v) is 4.19. The Hall–Kier alpha value is -1.95. The lowest BCUT2D eigenvalue weighted by atomic mass is 10.2. The molecule has 2 aromatic rings. The maximum atomic E-state index is 13.4. The Labute approximate surface area is 84.1 Å². The summed E-state index contributed by atoms with van der Waals surface area (Å²) in [4.78, 5) is 17.8. The number of halogens is 1. The molecule has 1 amide bonds. The highest BCUT2D eigenvalue weighted by molar-refractivity contribution is 5.96. The van der Waals surface area contributed by atoms with Gasteiger partial charge in [0.05, 0.1) is 11.8 Å². The van der Waals surface area contributed by atoms with Crippen molar-refractivity contribution >= 4 is 16.9 Å². The predicted octanol–water partition coefficient (Wildman–Crippen LogP) is 1.16. The van der Waals surface area contributed by atoms with Crippen molar-refractivity contribution in [3.05, 3.63) is 29.8 Å². The molecule has 0 saturated carbocycles. The summed E-state index contributed by atoms with van der Waals surface area (Å²) < 4.78 is 13.4. The van der Waals surface area contributed by atoms with Crippen LogP contribution in [0.4, 0.5) is 4.39 Å². The quantitative estimate of drug-likeness (QED) is 0.547. The molecule has 15 heavy (non-hydrogen) atoms. The van der Waals surface area contributed by atoms with Crippen LogP contribution in [0.2, 0.25) is 0 Å². The van der Waals surface area contributed by atoms with Gasteiger partial charge < -0.3 is 4.98 Å². The van der Waals surface area contributed by atoms with Gasteiger partial charge in [-0.15, -0.1) is 0 Å². The average Bonchev–Trinajstić information content (AvgIpc) is 2.64. The first-order valence-electron chi connectivity index (χ1n) is 4.19. The van der Waals surface area contributed by atoms with E-state index >= 15 is 0 Å². The van der Waals surface area contributed by atoms with Crippen molar-refractivity contribution in [2.45, 2.75) is 0 Å². The number of carbonyl (C=O) groups is 1. The second-order valence-electron chi connectivity index (χ2n) is 3.09. The molecular formula is C9H8FN3O2. The van der Waals surface area contributed by atoms with E-state index in [2.05, 4.69) is 9.97 Å². The Bertz CT molecular complexity index is 521. The summed E-state index contributed by atoms with van der Waals surface area (Å²) in [6.45, 7) is 0. The second kappa shape index (κ2) is 3.32. The van der Waals surface area contributed by atoms with Crippen molar-refractivity contribution in [2.24, 2.45) is 0 Å². The third kappa shape index (κ3) is 1.55. The Morgan fingerprint density at radius 1 is 1.60 bits per heavy atom. The van der Waals surface area contributed by atoms with E-state index in [1.54, 1.807) is 0 Å². The summed E-state index contributed by atoms with van der Waals surface area (Å²) in [7, 11) is 1.18. The zero-order valence-corrected chi connectivity index (χ0v) is 7.86. The van der Waals surface area contributed by atoms with Crippen molar-refractivity contribution in [1.29, 1.82) is 0 Å². The maximum Gasteiger partial charge on any atom is 0.277 e. The zero-order valence-electron chi connectivity index (χ0n) is 7.86. The summed E-state index contributed by atoms with van der Waals surface area (Å²) in [5.41, 5.74) is 0.654. The summed E-state index contributed by atoms with van der Waals surface area (Å²) in [5, 5.41) is 9.32. The summed E-state index contributed by atoms with van der Waals surface area (Å²) in [6, 6.07) is 2.47. The fourth-order valence-electron chi connectivity index (χ4n) is 1.32. The maximum absolute atomic E-state index is 13.4. The number of aromatic amines is 1. The minimum absolute atomic E-state index is 0.0641. The summed E-state index contributed by atoms with van der Waals surface area (Å²) in [5.74, 6) is -1.27. The molecule has 1 aromatic carbocycles. The van der Waals surface area contributed by atoms with E-state index in [9.17, 15) is 9.18 Å². The van der Waals surface area contributed by atoms with E-state index in [0.717, 1.165) is 6.07 Å². The number of nitrogens with zero attached hydrogens (tertiary/aromatic N) is 2. The third-order valence-corrected chi connectivity index (χ3v) is 2.02. The van der Waals surface area contributed by atoms with E-state index in [4.69, 9.17) is 5.21 Å². The first-order chi connectivity index (χ1) is 7.09. The van der Waals surface area contributed by atoms with E-state index in [0.29, 0.717) is 10.6 Å². The molecule has 0 unspecified atom stereocenters. The molecule has 5 nitrogen and oxygen atoms in total. The molecule has 2 N–H and O–H groups in total. The molecule has 0 spiro atoms. The van der Waals surface area contributed by atoms with Gasteiger partial charge in [0.1, 0.15) is 5.52 Å². The number of hydrogen-bond donors (Lipinski definition) is 2. The number of fused-ring (bicyclic) bond motifs is 1. The number of imidazole rings is 1. The minimum atomic E-state index is -0.676. The van der Waals surface area contributed by atoms with Gasteiger partial charge in [-0.05, 0) is 12.1 Å². The topological polar surface area (TPSA) is 69.2 Å². The number of nitrogens with one attached hydrogen (secondary N) is 1. The van der Waals surface area contributed by atoms with Gasteiger partial charge in [-0.2, -0.15) is 0 Å². The van der Waals surface area contributed by atoms with Crippen LogP contribution in [0.25, 0.3) is 11.0 Å². The number of hydrogen-bond acceptors (Lipinski definition) is 3. The van der Waals surface area contributed by atoms with Crippen molar-refractivity contribution in [2.75, 3.05) is 7.05 Å². The number of rotatable bonds is 1. The number of aromatic nitrogens is 2. The number of hydroxylamine groups is 2. The molecule has 6 heteroatoms. The Morgan fingerprint density at radius 3 is 3.00 bits per heavy atom. The molecule has 0 saturated heterocycles. The Kier molecular flexibility index (Phi) is 2.12. The lowest BCUT2D eigenvalue weighted by molar-refractivity contribution is -0.0375. The van der Waals surface area contributed by atoms with Crippen LogP contribution in [0.15, 0.2) is 18.5 Å². The van der Waals surface area contributed by atoms with Gasteiger partial charge in [0, 0.05) is 12.6 Å².